The predicted octanol–water partition coefficient (Wildman–Crippen LogP) is 1.43. The van der Waals surface area contributed by atoms with Gasteiger partial charge in [-0.2, -0.15) is 5.26 Å². The molecule has 2 N–H and O–H groups in total. The maximum absolute atomic E-state index is 11.8. The number of nitrogens with one attached hydrogen (secondary N) is 2. The molecule has 1 amide bonds. The summed E-state index contributed by atoms with van der Waals surface area (Å²) in [6, 6.07) is 9.27. The van der Waals surface area contributed by atoms with Gasteiger partial charge in [0.2, 0.25) is 0 Å². The van der Waals surface area contributed by atoms with Crippen LogP contribution in [0.5, 0.6) is 0 Å². The van der Waals surface area contributed by atoms with Gasteiger partial charge in [0.1, 0.15) is 0 Å². The Morgan fingerprint density at radius 3 is 2.83 bits per heavy atom. The highest BCUT2D eigenvalue weighted by molar-refractivity contribution is 5.94. The number of carbonyl (C=O) groups is 1. The maximum atomic E-state index is 11.8. The second kappa shape index (κ2) is 6.18. The Hall–Kier alpha value is -1.86. The number of benzene rings is 1. The minimum atomic E-state index is -0.0718. The van der Waals surface area contributed by atoms with Crippen molar-refractivity contribution in [1.29, 1.82) is 5.26 Å². The number of hydrogen-bond donors (Lipinski definition) is 2. The van der Waals surface area contributed by atoms with Gasteiger partial charge in [0.25, 0.3) is 5.91 Å². The Labute approximate surface area is 107 Å². The standard InChI is InChI=1S/C14H17N3O/c15-10-11-3-5-12(6-4-11)14(18)17-9-7-13-2-1-8-16-13/h3-6,13,16H,1-2,7-9H2,(H,17,18)/t13-/m1/s1. The van der Waals surface area contributed by atoms with Crippen molar-refractivity contribution < 1.29 is 4.79 Å². The lowest BCUT2D eigenvalue weighted by Crippen LogP contribution is -2.30. The smallest absolute Gasteiger partial charge is 0.251 e. The average molecular weight is 243 g/mol. The predicted molar refractivity (Wildman–Crippen MR) is 69.1 cm³/mol. The molecule has 1 aromatic carbocycles. The summed E-state index contributed by atoms with van der Waals surface area (Å²) in [5, 5.41) is 15.0. The lowest BCUT2D eigenvalue weighted by molar-refractivity contribution is 0.0952. The maximum Gasteiger partial charge on any atom is 0.251 e. The largest absolute Gasteiger partial charge is 0.352 e. The second-order valence-electron chi connectivity index (χ2n) is 4.53. The van der Waals surface area contributed by atoms with Crippen molar-refractivity contribution in [3.05, 3.63) is 35.4 Å². The van der Waals surface area contributed by atoms with Crippen molar-refractivity contribution in [2.45, 2.75) is 25.3 Å². The van der Waals surface area contributed by atoms with E-state index in [0.717, 1.165) is 13.0 Å². The van der Waals surface area contributed by atoms with Gasteiger partial charge < -0.3 is 10.6 Å². The Bertz CT molecular complexity index is 441. The molecule has 4 heteroatoms. The van der Waals surface area contributed by atoms with Crippen LogP contribution in [0.2, 0.25) is 0 Å². The Kier molecular flexibility index (Phi) is 4.32. The van der Waals surface area contributed by atoms with Crippen molar-refractivity contribution in [1.82, 2.24) is 10.6 Å². The SMILES string of the molecule is N#Cc1ccc(C(=O)NCC[C@H]2CCCN2)cc1. The summed E-state index contributed by atoms with van der Waals surface area (Å²) in [5.74, 6) is -0.0718. The normalized spacial score (nSPS) is 18.3. The summed E-state index contributed by atoms with van der Waals surface area (Å²) in [5.41, 5.74) is 1.18. The topological polar surface area (TPSA) is 64.9 Å². The molecule has 0 saturated carbocycles. The zero-order valence-corrected chi connectivity index (χ0v) is 10.3. The van der Waals surface area contributed by atoms with Gasteiger partial charge in [-0.05, 0) is 50.1 Å². The molecule has 4 nitrogen and oxygen atoms in total. The summed E-state index contributed by atoms with van der Waals surface area (Å²) in [6.07, 6.45) is 3.41. The zero-order valence-electron chi connectivity index (χ0n) is 10.3. The highest BCUT2D eigenvalue weighted by Gasteiger charge is 2.13. The van der Waals surface area contributed by atoms with E-state index in [0.29, 0.717) is 23.7 Å². The highest BCUT2D eigenvalue weighted by atomic mass is 16.1. The summed E-state index contributed by atoms with van der Waals surface area (Å²) >= 11 is 0. The van der Waals surface area contributed by atoms with E-state index in [-0.39, 0.29) is 5.91 Å². The summed E-state index contributed by atoms with van der Waals surface area (Å²) in [4.78, 5) is 11.8. The molecule has 0 radical (unpaired) electrons. The monoisotopic (exact) mass is 243 g/mol. The van der Waals surface area contributed by atoms with Crippen molar-refractivity contribution in [2.24, 2.45) is 0 Å². The van der Waals surface area contributed by atoms with Crippen LogP contribution >= 0.6 is 0 Å². The fraction of sp³-hybridized carbons (Fsp3) is 0.429. The van der Waals surface area contributed by atoms with Crippen molar-refractivity contribution in [2.75, 3.05) is 13.1 Å². The number of carbonyl (C=O) groups excluding carboxylic acids is 1. The third-order valence-corrected chi connectivity index (χ3v) is 3.22. The van der Waals surface area contributed by atoms with Gasteiger partial charge in [-0.15, -0.1) is 0 Å². The lowest BCUT2D eigenvalue weighted by Gasteiger charge is -2.10. The van der Waals surface area contributed by atoms with Crippen molar-refractivity contribution >= 4 is 5.91 Å². The van der Waals surface area contributed by atoms with Crippen LogP contribution in [0.4, 0.5) is 0 Å². The Morgan fingerprint density at radius 2 is 2.22 bits per heavy atom. The van der Waals surface area contributed by atoms with Crippen LogP contribution in [-0.2, 0) is 0 Å². The van der Waals surface area contributed by atoms with Gasteiger partial charge in [0, 0.05) is 18.2 Å². The van der Waals surface area contributed by atoms with Gasteiger partial charge >= 0.3 is 0 Å². The molecule has 0 aliphatic carbocycles. The first-order valence-electron chi connectivity index (χ1n) is 6.31. The lowest BCUT2D eigenvalue weighted by atomic mass is 10.1. The van der Waals surface area contributed by atoms with E-state index in [4.69, 9.17) is 5.26 Å². The van der Waals surface area contributed by atoms with E-state index in [1.807, 2.05) is 6.07 Å². The summed E-state index contributed by atoms with van der Waals surface area (Å²) in [7, 11) is 0. The molecule has 94 valence electrons. The first kappa shape index (κ1) is 12.6. The zero-order chi connectivity index (χ0) is 12.8. The van der Waals surface area contributed by atoms with Crippen molar-refractivity contribution in [3.8, 4) is 6.07 Å². The fourth-order valence-electron chi connectivity index (χ4n) is 2.16. The second-order valence-corrected chi connectivity index (χ2v) is 4.53. The first-order chi connectivity index (χ1) is 8.79. The number of amides is 1. The number of rotatable bonds is 4. The quantitative estimate of drug-likeness (QED) is 0.840. The van der Waals surface area contributed by atoms with Crippen LogP contribution in [0.1, 0.15) is 35.2 Å². The minimum absolute atomic E-state index is 0.0718. The molecule has 1 aliphatic rings. The van der Waals surface area contributed by atoms with Gasteiger partial charge in [0.15, 0.2) is 0 Å². The minimum Gasteiger partial charge on any atom is -0.352 e. The molecule has 1 aliphatic heterocycles. The molecule has 18 heavy (non-hydrogen) atoms. The van der Waals surface area contributed by atoms with Crippen LogP contribution in [0.15, 0.2) is 24.3 Å². The van der Waals surface area contributed by atoms with E-state index in [1.165, 1.54) is 12.8 Å². The van der Waals surface area contributed by atoms with E-state index in [1.54, 1.807) is 24.3 Å². The molecule has 1 fully saturated rings. The molecule has 1 heterocycles. The van der Waals surface area contributed by atoms with Gasteiger partial charge in [-0.3, -0.25) is 4.79 Å². The molecule has 0 bridgehead atoms. The van der Waals surface area contributed by atoms with Gasteiger partial charge in [-0.25, -0.2) is 0 Å². The molecule has 0 aromatic heterocycles. The van der Waals surface area contributed by atoms with Crippen LogP contribution < -0.4 is 10.6 Å². The molecule has 0 spiro atoms. The van der Waals surface area contributed by atoms with E-state index in [9.17, 15) is 4.79 Å². The van der Waals surface area contributed by atoms with Gasteiger partial charge in [0.05, 0.1) is 11.6 Å². The molecule has 2 rings (SSSR count). The van der Waals surface area contributed by atoms with Crippen LogP contribution in [0, 0.1) is 11.3 Å². The Balaban J connectivity index is 1.78. The third kappa shape index (κ3) is 3.31. The number of nitriles is 1. The first-order valence-corrected chi connectivity index (χ1v) is 6.31. The molecule has 1 aromatic rings. The van der Waals surface area contributed by atoms with E-state index in [2.05, 4.69) is 10.6 Å². The fourth-order valence-corrected chi connectivity index (χ4v) is 2.16. The molecule has 0 unspecified atom stereocenters. The van der Waals surface area contributed by atoms with E-state index < -0.39 is 0 Å². The Morgan fingerprint density at radius 1 is 1.44 bits per heavy atom. The van der Waals surface area contributed by atoms with Crippen LogP contribution in [0.3, 0.4) is 0 Å². The molecular weight excluding hydrogens is 226 g/mol. The molecular formula is C14H17N3O. The van der Waals surface area contributed by atoms with Crippen molar-refractivity contribution in [3.63, 3.8) is 0 Å². The van der Waals surface area contributed by atoms with E-state index >= 15 is 0 Å². The highest BCUT2D eigenvalue weighted by Crippen LogP contribution is 2.08. The summed E-state index contributed by atoms with van der Waals surface area (Å²) in [6.45, 7) is 1.78. The number of nitrogens with zero attached hydrogens (tertiary/aromatic N) is 1. The summed E-state index contributed by atoms with van der Waals surface area (Å²) < 4.78 is 0. The average Bonchev–Trinajstić information content (AvgIpc) is 2.92. The molecule has 1 saturated heterocycles. The number of hydrogen-bond acceptors (Lipinski definition) is 3. The van der Waals surface area contributed by atoms with Crippen LogP contribution in [0.25, 0.3) is 0 Å². The third-order valence-electron chi connectivity index (χ3n) is 3.22. The van der Waals surface area contributed by atoms with Crippen LogP contribution in [-0.4, -0.2) is 25.0 Å². The van der Waals surface area contributed by atoms with Gasteiger partial charge in [-0.1, -0.05) is 0 Å². The molecule has 1 atom stereocenters.